The SMILES string of the molecule is CC(C)(C)c1cc(C2N[C@@H]3CCCC[C@H]3N2)c(O)c(C(C)(C)C)c1. The van der Waals surface area contributed by atoms with E-state index in [4.69, 9.17) is 0 Å². The number of rotatable bonds is 1. The zero-order valence-electron chi connectivity index (χ0n) is 16.2. The van der Waals surface area contributed by atoms with Crippen LogP contribution in [-0.4, -0.2) is 17.2 Å². The zero-order valence-corrected chi connectivity index (χ0v) is 16.2. The van der Waals surface area contributed by atoms with Crippen LogP contribution in [0.1, 0.15) is 90.1 Å². The Bertz CT molecular complexity index is 595. The van der Waals surface area contributed by atoms with E-state index in [0.29, 0.717) is 17.8 Å². The van der Waals surface area contributed by atoms with Crippen LogP contribution in [0.25, 0.3) is 0 Å². The minimum atomic E-state index is -0.0779. The molecule has 3 rings (SSSR count). The van der Waals surface area contributed by atoms with Gasteiger partial charge in [-0.15, -0.1) is 0 Å². The molecule has 24 heavy (non-hydrogen) atoms. The van der Waals surface area contributed by atoms with Gasteiger partial charge in [0.25, 0.3) is 0 Å². The van der Waals surface area contributed by atoms with E-state index < -0.39 is 0 Å². The predicted octanol–water partition coefficient (Wildman–Crippen LogP) is 4.49. The van der Waals surface area contributed by atoms with Crippen LogP contribution in [0.15, 0.2) is 12.1 Å². The molecule has 1 aliphatic heterocycles. The summed E-state index contributed by atoms with van der Waals surface area (Å²) in [4.78, 5) is 0. The molecule has 0 spiro atoms. The summed E-state index contributed by atoms with van der Waals surface area (Å²) in [6.07, 6.45) is 5.15. The fraction of sp³-hybridized carbons (Fsp3) is 0.714. The molecule has 1 aromatic rings. The van der Waals surface area contributed by atoms with Crippen molar-refractivity contribution in [2.45, 2.75) is 96.3 Å². The first-order chi connectivity index (χ1) is 11.1. The molecule has 0 amide bonds. The van der Waals surface area contributed by atoms with Crippen molar-refractivity contribution in [3.05, 3.63) is 28.8 Å². The normalized spacial score (nSPS) is 25.8. The Kier molecular flexibility index (Phi) is 4.46. The van der Waals surface area contributed by atoms with Crippen molar-refractivity contribution in [2.24, 2.45) is 0 Å². The quantitative estimate of drug-likeness (QED) is 0.711. The average molecular weight is 331 g/mol. The molecule has 0 radical (unpaired) electrons. The molecule has 1 aliphatic carbocycles. The summed E-state index contributed by atoms with van der Waals surface area (Å²) in [5.41, 5.74) is 3.34. The minimum absolute atomic E-state index is 0.0569. The van der Waals surface area contributed by atoms with Gasteiger partial charge in [-0.05, 0) is 40.9 Å². The third kappa shape index (κ3) is 3.34. The van der Waals surface area contributed by atoms with E-state index in [1.165, 1.54) is 31.2 Å². The summed E-state index contributed by atoms with van der Waals surface area (Å²) < 4.78 is 0. The van der Waals surface area contributed by atoms with Crippen LogP contribution in [0.3, 0.4) is 0 Å². The number of hydrogen-bond donors (Lipinski definition) is 3. The smallest absolute Gasteiger partial charge is 0.125 e. The van der Waals surface area contributed by atoms with E-state index in [9.17, 15) is 5.11 Å². The molecule has 1 aromatic carbocycles. The Hall–Kier alpha value is -1.06. The van der Waals surface area contributed by atoms with E-state index in [-0.39, 0.29) is 17.0 Å². The van der Waals surface area contributed by atoms with Crippen molar-refractivity contribution in [3.63, 3.8) is 0 Å². The largest absolute Gasteiger partial charge is 0.507 e. The number of hydrogen-bond acceptors (Lipinski definition) is 3. The summed E-state index contributed by atoms with van der Waals surface area (Å²) in [6, 6.07) is 5.48. The van der Waals surface area contributed by atoms with Crippen molar-refractivity contribution >= 4 is 0 Å². The third-order valence-corrected chi connectivity index (χ3v) is 5.65. The molecule has 2 atom stereocenters. The van der Waals surface area contributed by atoms with Gasteiger partial charge in [-0.25, -0.2) is 0 Å². The van der Waals surface area contributed by atoms with Crippen molar-refractivity contribution in [1.82, 2.24) is 10.6 Å². The van der Waals surface area contributed by atoms with Crippen LogP contribution in [0.5, 0.6) is 5.75 Å². The second-order valence-corrected chi connectivity index (χ2v) is 9.73. The topological polar surface area (TPSA) is 44.3 Å². The summed E-state index contributed by atoms with van der Waals surface area (Å²) >= 11 is 0. The molecule has 1 saturated heterocycles. The Morgan fingerprint density at radius 2 is 1.42 bits per heavy atom. The van der Waals surface area contributed by atoms with Gasteiger partial charge < -0.3 is 5.11 Å². The van der Waals surface area contributed by atoms with Crippen LogP contribution >= 0.6 is 0 Å². The van der Waals surface area contributed by atoms with Gasteiger partial charge in [0.05, 0.1) is 6.17 Å². The highest BCUT2D eigenvalue weighted by Gasteiger charge is 2.37. The van der Waals surface area contributed by atoms with Gasteiger partial charge in [-0.1, -0.05) is 60.5 Å². The Labute approximate surface area is 147 Å². The number of aromatic hydroxyl groups is 1. The van der Waals surface area contributed by atoms with Crippen LogP contribution in [0.4, 0.5) is 0 Å². The summed E-state index contributed by atoms with van der Waals surface area (Å²) in [7, 11) is 0. The highest BCUT2D eigenvalue weighted by Crippen LogP contribution is 2.41. The van der Waals surface area contributed by atoms with E-state index in [2.05, 4.69) is 64.3 Å². The third-order valence-electron chi connectivity index (χ3n) is 5.65. The summed E-state index contributed by atoms with van der Waals surface area (Å²) in [6.45, 7) is 13.2. The van der Waals surface area contributed by atoms with Gasteiger partial charge in [-0.2, -0.15) is 0 Å². The van der Waals surface area contributed by atoms with Gasteiger partial charge in [0.15, 0.2) is 0 Å². The maximum absolute atomic E-state index is 11.0. The van der Waals surface area contributed by atoms with Crippen molar-refractivity contribution in [1.29, 1.82) is 0 Å². The standard InChI is InChI=1S/C21H34N2O/c1-20(2,3)13-11-14(18(24)15(12-13)21(4,5)6)19-22-16-9-7-8-10-17(16)23-19/h11-12,16-17,19,22-24H,7-10H2,1-6H3/t16-,17-/m1/s1. The molecule has 1 heterocycles. The minimum Gasteiger partial charge on any atom is -0.507 e. The van der Waals surface area contributed by atoms with Crippen LogP contribution in [-0.2, 0) is 10.8 Å². The Morgan fingerprint density at radius 1 is 0.875 bits per heavy atom. The molecule has 134 valence electrons. The van der Waals surface area contributed by atoms with Gasteiger partial charge in [-0.3, -0.25) is 10.6 Å². The van der Waals surface area contributed by atoms with Crippen molar-refractivity contribution in [2.75, 3.05) is 0 Å². The number of phenolic OH excluding ortho intramolecular Hbond substituents is 1. The monoisotopic (exact) mass is 330 g/mol. The second-order valence-electron chi connectivity index (χ2n) is 9.73. The lowest BCUT2D eigenvalue weighted by Gasteiger charge is -2.29. The molecule has 0 unspecified atom stereocenters. The lowest BCUT2D eigenvalue weighted by atomic mass is 9.78. The van der Waals surface area contributed by atoms with Gasteiger partial charge in [0.2, 0.25) is 0 Å². The highest BCUT2D eigenvalue weighted by molar-refractivity contribution is 5.50. The van der Waals surface area contributed by atoms with Crippen LogP contribution in [0, 0.1) is 0 Å². The fourth-order valence-corrected chi connectivity index (χ4v) is 4.07. The fourth-order valence-electron chi connectivity index (χ4n) is 4.07. The molecule has 1 saturated carbocycles. The van der Waals surface area contributed by atoms with E-state index in [1.807, 2.05) is 0 Å². The average Bonchev–Trinajstić information content (AvgIpc) is 2.88. The van der Waals surface area contributed by atoms with Crippen LogP contribution < -0.4 is 10.6 Å². The first kappa shape index (κ1) is 17.8. The molecule has 2 aliphatic rings. The maximum atomic E-state index is 11.0. The summed E-state index contributed by atoms with van der Waals surface area (Å²) in [5, 5.41) is 18.5. The number of benzene rings is 1. The molecule has 0 bridgehead atoms. The van der Waals surface area contributed by atoms with Gasteiger partial charge >= 0.3 is 0 Å². The number of phenols is 1. The highest BCUT2D eigenvalue weighted by atomic mass is 16.3. The maximum Gasteiger partial charge on any atom is 0.125 e. The Balaban J connectivity index is 2.03. The molecule has 0 aromatic heterocycles. The van der Waals surface area contributed by atoms with Gasteiger partial charge in [0, 0.05) is 17.6 Å². The lowest BCUT2D eigenvalue weighted by Crippen LogP contribution is -2.36. The molecule has 3 nitrogen and oxygen atoms in total. The van der Waals surface area contributed by atoms with Crippen molar-refractivity contribution in [3.8, 4) is 5.75 Å². The van der Waals surface area contributed by atoms with E-state index in [1.54, 1.807) is 0 Å². The van der Waals surface area contributed by atoms with Crippen molar-refractivity contribution < 1.29 is 5.11 Å². The molecular weight excluding hydrogens is 296 g/mol. The first-order valence-corrected chi connectivity index (χ1v) is 9.47. The summed E-state index contributed by atoms with van der Waals surface area (Å²) in [5.74, 6) is 0.458. The Morgan fingerprint density at radius 3 is 1.88 bits per heavy atom. The van der Waals surface area contributed by atoms with E-state index >= 15 is 0 Å². The predicted molar refractivity (Wildman–Crippen MR) is 101 cm³/mol. The van der Waals surface area contributed by atoms with Crippen LogP contribution in [0.2, 0.25) is 0 Å². The second kappa shape index (κ2) is 6.03. The number of nitrogens with one attached hydrogen (secondary N) is 2. The van der Waals surface area contributed by atoms with Gasteiger partial charge in [0.1, 0.15) is 5.75 Å². The lowest BCUT2D eigenvalue weighted by molar-refractivity contribution is 0.374. The number of fused-ring (bicyclic) bond motifs is 1. The first-order valence-electron chi connectivity index (χ1n) is 9.47. The molecule has 2 fully saturated rings. The van der Waals surface area contributed by atoms with E-state index in [0.717, 1.165) is 11.1 Å². The molecule has 3 N–H and O–H groups in total. The zero-order chi connectivity index (χ0) is 17.7. The molecular formula is C21H34N2O. The molecule has 3 heteroatoms.